The lowest BCUT2D eigenvalue weighted by atomic mass is 10.1. The van der Waals surface area contributed by atoms with Crippen molar-refractivity contribution in [2.45, 2.75) is 91.1 Å². The van der Waals surface area contributed by atoms with Gasteiger partial charge in [0.05, 0.1) is 0 Å². The Morgan fingerprint density at radius 3 is 1.76 bits per heavy atom. The quantitative estimate of drug-likeness (QED) is 0.108. The molecule has 3 aromatic rings. The maximum Gasteiger partial charge on any atom is 0.333 e. The van der Waals surface area contributed by atoms with Gasteiger partial charge < -0.3 is 4.74 Å². The van der Waals surface area contributed by atoms with E-state index in [4.69, 9.17) is 4.74 Å². The molecule has 3 aromatic heterocycles. The van der Waals surface area contributed by atoms with Gasteiger partial charge in [0.15, 0.2) is 0 Å². The lowest BCUT2D eigenvalue weighted by Crippen LogP contribution is -2.03. The molecule has 3 heterocycles. The second-order valence-corrected chi connectivity index (χ2v) is 12.4. The van der Waals surface area contributed by atoms with Crippen LogP contribution in [0.25, 0.3) is 19.5 Å². The van der Waals surface area contributed by atoms with Crippen molar-refractivity contribution in [3.63, 3.8) is 0 Å². The monoisotopic (exact) mass is 514 g/mol. The highest BCUT2D eigenvalue weighted by molar-refractivity contribution is 7.26. The summed E-state index contributed by atoms with van der Waals surface area (Å²) in [6, 6.07) is 13.2. The molecule has 2 nitrogen and oxygen atoms in total. The predicted molar refractivity (Wildman–Crippen MR) is 151 cm³/mol. The van der Waals surface area contributed by atoms with Gasteiger partial charge in [0, 0.05) is 34.8 Å². The van der Waals surface area contributed by atoms with Gasteiger partial charge in [0.25, 0.3) is 0 Å². The van der Waals surface area contributed by atoms with E-state index in [1.165, 1.54) is 95.0 Å². The number of ether oxygens (including phenoxy) is 1. The summed E-state index contributed by atoms with van der Waals surface area (Å²) in [6.07, 6.45) is 15.1. The maximum atomic E-state index is 11.6. The summed E-state index contributed by atoms with van der Waals surface area (Å²) in [5.74, 6) is -0.334. The highest BCUT2D eigenvalue weighted by atomic mass is 32.1. The number of hydrogen-bond donors (Lipinski definition) is 0. The van der Waals surface area contributed by atoms with Gasteiger partial charge in [-0.2, -0.15) is 0 Å². The van der Waals surface area contributed by atoms with Gasteiger partial charge >= 0.3 is 5.97 Å². The Labute approximate surface area is 217 Å². The van der Waals surface area contributed by atoms with Gasteiger partial charge in [-0.25, -0.2) is 4.79 Å². The Morgan fingerprint density at radius 1 is 0.706 bits per heavy atom. The summed E-state index contributed by atoms with van der Waals surface area (Å²) in [6.45, 7) is 7.88. The van der Waals surface area contributed by atoms with Crippen molar-refractivity contribution in [1.29, 1.82) is 0 Å². The summed E-state index contributed by atoms with van der Waals surface area (Å²) in [5.41, 5.74) is 0.433. The van der Waals surface area contributed by atoms with E-state index in [1.807, 2.05) is 28.7 Å². The number of aryl methyl sites for hydroxylation is 1. The van der Waals surface area contributed by atoms with Crippen LogP contribution >= 0.6 is 34.0 Å². The summed E-state index contributed by atoms with van der Waals surface area (Å²) in [4.78, 5) is 19.3. The molecule has 0 spiro atoms. The van der Waals surface area contributed by atoms with Gasteiger partial charge in [-0.05, 0) is 56.2 Å². The lowest BCUT2D eigenvalue weighted by molar-refractivity contribution is -0.140. The van der Waals surface area contributed by atoms with Crippen LogP contribution in [-0.4, -0.2) is 5.97 Å². The van der Waals surface area contributed by atoms with Gasteiger partial charge in [-0.1, -0.05) is 71.3 Å². The second kappa shape index (κ2) is 14.7. The first-order chi connectivity index (χ1) is 16.6. The molecule has 3 rings (SSSR count). The van der Waals surface area contributed by atoms with E-state index >= 15 is 0 Å². The van der Waals surface area contributed by atoms with Crippen LogP contribution in [0.1, 0.15) is 87.8 Å². The van der Waals surface area contributed by atoms with Crippen LogP contribution in [-0.2, 0) is 22.6 Å². The van der Waals surface area contributed by atoms with E-state index in [-0.39, 0.29) is 5.97 Å². The first kappa shape index (κ1) is 26.9. The van der Waals surface area contributed by atoms with E-state index in [9.17, 15) is 4.79 Å². The zero-order valence-corrected chi connectivity index (χ0v) is 23.1. The Balaban J connectivity index is 1.40. The van der Waals surface area contributed by atoms with Crippen molar-refractivity contribution < 1.29 is 9.53 Å². The Kier molecular flexibility index (Phi) is 11.6. The van der Waals surface area contributed by atoms with Crippen molar-refractivity contribution >= 4 is 40.0 Å². The van der Waals surface area contributed by atoms with Crippen molar-refractivity contribution in [2.75, 3.05) is 0 Å². The van der Waals surface area contributed by atoms with Gasteiger partial charge in [-0.15, -0.1) is 34.0 Å². The fourth-order valence-corrected chi connectivity index (χ4v) is 7.04. The van der Waals surface area contributed by atoms with E-state index < -0.39 is 0 Å². The van der Waals surface area contributed by atoms with Crippen LogP contribution in [0, 0.1) is 0 Å². The molecule has 5 heteroatoms. The summed E-state index contributed by atoms with van der Waals surface area (Å²) < 4.78 is 5.27. The molecule has 0 atom stereocenters. The summed E-state index contributed by atoms with van der Waals surface area (Å²) in [5, 5.41) is 0. The Hall–Kier alpha value is -1.69. The van der Waals surface area contributed by atoms with Gasteiger partial charge in [0.1, 0.15) is 6.61 Å². The van der Waals surface area contributed by atoms with Gasteiger partial charge in [-0.3, -0.25) is 0 Å². The number of carbonyl (C=O) groups is 1. The predicted octanol–water partition coefficient (Wildman–Crippen LogP) is 10.3. The third-order valence-electron chi connectivity index (χ3n) is 5.89. The minimum atomic E-state index is -0.334. The lowest BCUT2D eigenvalue weighted by Gasteiger charge is -2.02. The van der Waals surface area contributed by atoms with Gasteiger partial charge in [0.2, 0.25) is 0 Å². The zero-order chi connectivity index (χ0) is 24.2. The molecule has 0 amide bonds. The third kappa shape index (κ3) is 8.83. The number of unbranched alkanes of at least 4 members (excludes halogenated alkanes) is 9. The maximum absolute atomic E-state index is 11.6. The molecular formula is C29H38O2S3. The molecule has 0 aliphatic heterocycles. The molecule has 0 aliphatic rings. The van der Waals surface area contributed by atoms with Crippen LogP contribution in [0.2, 0.25) is 0 Å². The van der Waals surface area contributed by atoms with E-state index in [2.05, 4.69) is 43.8 Å². The minimum Gasteiger partial charge on any atom is -0.457 e. The van der Waals surface area contributed by atoms with E-state index in [1.54, 1.807) is 18.3 Å². The minimum absolute atomic E-state index is 0.307. The van der Waals surface area contributed by atoms with E-state index in [0.717, 1.165) is 4.88 Å². The zero-order valence-electron chi connectivity index (χ0n) is 20.7. The van der Waals surface area contributed by atoms with E-state index in [0.29, 0.717) is 12.2 Å². The number of thiophene rings is 3. The number of carbonyl (C=O) groups excluding carboxylic acids is 1. The van der Waals surface area contributed by atoms with Crippen molar-refractivity contribution in [1.82, 2.24) is 0 Å². The summed E-state index contributed by atoms with van der Waals surface area (Å²) >= 11 is 5.46. The molecule has 0 unspecified atom stereocenters. The average molecular weight is 515 g/mol. The number of esters is 1. The van der Waals surface area contributed by atoms with Crippen molar-refractivity contribution in [3.8, 4) is 19.5 Å². The largest absolute Gasteiger partial charge is 0.457 e. The van der Waals surface area contributed by atoms with Crippen LogP contribution in [0.4, 0.5) is 0 Å². The van der Waals surface area contributed by atoms with Crippen LogP contribution < -0.4 is 0 Å². The second-order valence-electron chi connectivity index (χ2n) is 8.98. The van der Waals surface area contributed by atoms with Crippen LogP contribution in [0.5, 0.6) is 0 Å². The van der Waals surface area contributed by atoms with Crippen LogP contribution in [0.3, 0.4) is 0 Å². The number of hydrogen-bond acceptors (Lipinski definition) is 5. The van der Waals surface area contributed by atoms with Crippen molar-refractivity contribution in [2.24, 2.45) is 0 Å². The molecule has 0 radical (unpaired) electrons. The van der Waals surface area contributed by atoms with Crippen LogP contribution in [0.15, 0.2) is 48.6 Å². The smallest absolute Gasteiger partial charge is 0.333 e. The normalized spacial score (nSPS) is 11.1. The SMILES string of the molecule is C=C(C)C(=O)OCc1ccc(-c2ccc(-c3ccc(CCCCCCCCCCCC)s3)s2)s1. The average Bonchev–Trinajstić information content (AvgIpc) is 3.58. The summed E-state index contributed by atoms with van der Waals surface area (Å²) in [7, 11) is 0. The molecule has 0 aromatic carbocycles. The molecule has 0 bridgehead atoms. The fraction of sp³-hybridized carbons (Fsp3) is 0.483. The Morgan fingerprint density at radius 2 is 1.18 bits per heavy atom. The highest BCUT2D eigenvalue weighted by Crippen LogP contribution is 2.40. The third-order valence-corrected chi connectivity index (χ3v) is 9.57. The van der Waals surface area contributed by atoms with Crippen molar-refractivity contribution in [3.05, 3.63) is 58.3 Å². The molecule has 0 saturated heterocycles. The molecule has 0 aliphatic carbocycles. The molecule has 0 saturated carbocycles. The molecule has 0 fully saturated rings. The molecular weight excluding hydrogens is 477 g/mol. The fourth-order valence-electron chi connectivity index (χ4n) is 3.88. The standard InChI is InChI=1S/C29H38O2S3/c1-4-5-6-7-8-9-10-11-12-13-14-23-15-17-25(32-23)27-19-20-28(34-27)26-18-16-24(33-26)21-31-29(30)22(2)3/h15-20H,2,4-14,21H2,1,3H3. The highest BCUT2D eigenvalue weighted by Gasteiger charge is 2.11. The number of rotatable bonds is 16. The molecule has 34 heavy (non-hydrogen) atoms. The molecule has 0 N–H and O–H groups in total. The topological polar surface area (TPSA) is 26.3 Å². The first-order valence-corrected chi connectivity index (χ1v) is 15.1. The molecule has 184 valence electrons. The first-order valence-electron chi connectivity index (χ1n) is 12.7. The Bertz CT molecular complexity index is 1020.